The minimum atomic E-state index is -4.35. The molecule has 0 bridgehead atoms. The van der Waals surface area contributed by atoms with Gasteiger partial charge in [0.25, 0.3) is 0 Å². The summed E-state index contributed by atoms with van der Waals surface area (Å²) >= 11 is 0. The van der Waals surface area contributed by atoms with Crippen LogP contribution in [0.2, 0.25) is 0 Å². The molecule has 1 heterocycles. The van der Waals surface area contributed by atoms with E-state index in [2.05, 4.69) is 11.2 Å². The van der Waals surface area contributed by atoms with Gasteiger partial charge < -0.3 is 4.98 Å². The van der Waals surface area contributed by atoms with Crippen molar-refractivity contribution in [1.82, 2.24) is 4.98 Å². The van der Waals surface area contributed by atoms with E-state index in [0.717, 1.165) is 6.07 Å². The molecule has 0 saturated heterocycles. The van der Waals surface area contributed by atoms with Crippen molar-refractivity contribution in [3.63, 3.8) is 0 Å². The molecule has 1 aromatic heterocycles. The van der Waals surface area contributed by atoms with Gasteiger partial charge in [-0.05, 0) is 0 Å². The Morgan fingerprint density at radius 1 is 1.36 bits per heavy atom. The topological polar surface area (TPSA) is 12.9 Å². The Labute approximate surface area is 73.8 Å². The molecule has 0 radical (unpaired) electrons. The Morgan fingerprint density at radius 2 is 2.00 bits per heavy atom. The smallest absolute Gasteiger partial charge is 0.382 e. The summed E-state index contributed by atoms with van der Waals surface area (Å²) in [4.78, 5) is 3.00. The summed E-state index contributed by atoms with van der Waals surface area (Å²) in [5.41, 5.74) is -0.907. The molecule has 0 amide bonds. The number of nitrogens with zero attached hydrogens (tertiary/aromatic N) is 1. The molecular formula is C6H3F3LiN. The summed E-state index contributed by atoms with van der Waals surface area (Å²) in [7, 11) is 0. The van der Waals surface area contributed by atoms with E-state index in [1.54, 1.807) is 0 Å². The molecule has 0 unspecified atom stereocenters. The molecule has 0 aromatic carbocycles. The van der Waals surface area contributed by atoms with Crippen LogP contribution in [0.5, 0.6) is 0 Å². The summed E-state index contributed by atoms with van der Waals surface area (Å²) in [5, 5.41) is 0. The number of rotatable bonds is 0. The number of pyridine rings is 1. The van der Waals surface area contributed by atoms with E-state index in [-0.39, 0.29) is 18.9 Å². The summed E-state index contributed by atoms with van der Waals surface area (Å²) in [6.07, 6.45) is -2.25. The zero-order chi connectivity index (χ0) is 7.61. The van der Waals surface area contributed by atoms with Crippen LogP contribution in [0, 0.1) is 6.20 Å². The minimum absolute atomic E-state index is 0. The van der Waals surface area contributed by atoms with Gasteiger partial charge in [0.1, 0.15) is 0 Å². The molecule has 0 spiro atoms. The Hall–Kier alpha value is -0.463. The molecule has 0 saturated carbocycles. The van der Waals surface area contributed by atoms with E-state index in [4.69, 9.17) is 0 Å². The Morgan fingerprint density at radius 3 is 2.27 bits per heavy atom. The average molecular weight is 153 g/mol. The predicted octanol–water partition coefficient (Wildman–Crippen LogP) is -1.10. The molecule has 1 aromatic rings. The largest absolute Gasteiger partial charge is 1.00 e. The number of alkyl halides is 3. The van der Waals surface area contributed by atoms with Gasteiger partial charge in [-0.25, -0.2) is 0 Å². The first-order valence-electron chi connectivity index (χ1n) is 2.51. The van der Waals surface area contributed by atoms with Crippen molar-refractivity contribution in [2.45, 2.75) is 6.18 Å². The van der Waals surface area contributed by atoms with Gasteiger partial charge >= 0.3 is 25.0 Å². The average Bonchev–Trinajstić information content (AvgIpc) is 1.88. The van der Waals surface area contributed by atoms with E-state index in [1.807, 2.05) is 0 Å². The van der Waals surface area contributed by atoms with E-state index in [0.29, 0.717) is 0 Å². The van der Waals surface area contributed by atoms with Crippen molar-refractivity contribution in [2.75, 3.05) is 0 Å². The number of hydrogen-bond donors (Lipinski definition) is 0. The molecular weight excluding hydrogens is 150 g/mol. The zero-order valence-corrected chi connectivity index (χ0v) is 5.81. The maximum Gasteiger partial charge on any atom is 1.00 e. The van der Waals surface area contributed by atoms with Crippen LogP contribution in [0.15, 0.2) is 18.2 Å². The van der Waals surface area contributed by atoms with Gasteiger partial charge in [-0.3, -0.25) is 0 Å². The first-order valence-corrected chi connectivity index (χ1v) is 2.51. The van der Waals surface area contributed by atoms with Crippen LogP contribution < -0.4 is 18.9 Å². The maximum atomic E-state index is 11.7. The maximum absolute atomic E-state index is 11.7. The molecule has 0 fully saturated rings. The van der Waals surface area contributed by atoms with Crippen molar-refractivity contribution in [2.24, 2.45) is 0 Å². The van der Waals surface area contributed by atoms with Gasteiger partial charge in [0, 0.05) is 5.69 Å². The van der Waals surface area contributed by atoms with Gasteiger partial charge in [0.2, 0.25) is 0 Å². The standard InChI is InChI=1S/C6H3F3N.Li/c7-6(8,9)5-3-1-2-4-10-5;/h1-3H;/q-1;+1. The third-order valence-electron chi connectivity index (χ3n) is 0.900. The van der Waals surface area contributed by atoms with Crippen LogP contribution in [0.3, 0.4) is 0 Å². The van der Waals surface area contributed by atoms with Crippen molar-refractivity contribution in [1.29, 1.82) is 0 Å². The van der Waals surface area contributed by atoms with Gasteiger partial charge in [0.15, 0.2) is 0 Å². The summed E-state index contributed by atoms with van der Waals surface area (Å²) < 4.78 is 35.1. The Kier molecular flexibility index (Phi) is 3.63. The molecule has 5 heteroatoms. The van der Waals surface area contributed by atoms with Gasteiger partial charge in [-0.15, -0.1) is 6.07 Å². The zero-order valence-electron chi connectivity index (χ0n) is 5.81. The fourth-order valence-corrected chi connectivity index (χ4v) is 0.484. The fourth-order valence-electron chi connectivity index (χ4n) is 0.484. The van der Waals surface area contributed by atoms with Crippen molar-refractivity contribution in [3.8, 4) is 0 Å². The van der Waals surface area contributed by atoms with Crippen molar-refractivity contribution in [3.05, 3.63) is 30.1 Å². The van der Waals surface area contributed by atoms with Crippen molar-refractivity contribution < 1.29 is 32.0 Å². The summed E-state index contributed by atoms with van der Waals surface area (Å²) in [5.74, 6) is 0. The molecule has 54 valence electrons. The molecule has 11 heavy (non-hydrogen) atoms. The SMILES string of the molecule is FC(F)(F)c1ccc[c-]n1.[Li+]. The van der Waals surface area contributed by atoms with Crippen molar-refractivity contribution >= 4 is 0 Å². The van der Waals surface area contributed by atoms with Crippen LogP contribution >= 0.6 is 0 Å². The quantitative estimate of drug-likeness (QED) is 0.340. The van der Waals surface area contributed by atoms with Gasteiger partial charge in [-0.2, -0.15) is 25.3 Å². The fraction of sp³-hybridized carbons (Fsp3) is 0.167. The number of aromatic nitrogens is 1. The number of hydrogen-bond acceptors (Lipinski definition) is 1. The monoisotopic (exact) mass is 153 g/mol. The number of halogens is 3. The molecule has 1 nitrogen and oxygen atoms in total. The van der Waals surface area contributed by atoms with E-state index in [9.17, 15) is 13.2 Å². The molecule has 1 rings (SSSR count). The molecule has 0 aliphatic heterocycles. The first kappa shape index (κ1) is 10.5. The second-order valence-corrected chi connectivity index (χ2v) is 1.65. The van der Waals surface area contributed by atoms with Gasteiger partial charge in [0.05, 0.1) is 0 Å². The Balaban J connectivity index is 0.000001000. The van der Waals surface area contributed by atoms with Crippen LogP contribution in [0.4, 0.5) is 13.2 Å². The van der Waals surface area contributed by atoms with Crippen LogP contribution in [-0.2, 0) is 6.18 Å². The third kappa shape index (κ3) is 2.96. The van der Waals surface area contributed by atoms with Crippen LogP contribution in [-0.4, -0.2) is 4.98 Å². The van der Waals surface area contributed by atoms with E-state index in [1.165, 1.54) is 12.1 Å². The minimum Gasteiger partial charge on any atom is -0.382 e. The predicted molar refractivity (Wildman–Crippen MR) is 28.1 cm³/mol. The molecule has 0 atom stereocenters. The van der Waals surface area contributed by atoms with Crippen LogP contribution in [0.25, 0.3) is 0 Å². The normalized spacial score (nSPS) is 10.5. The van der Waals surface area contributed by atoms with E-state index >= 15 is 0 Å². The second kappa shape index (κ2) is 3.79. The molecule has 0 aliphatic rings. The third-order valence-corrected chi connectivity index (χ3v) is 0.900. The molecule has 0 N–H and O–H groups in total. The Bertz CT molecular complexity index is 209. The van der Waals surface area contributed by atoms with Crippen LogP contribution in [0.1, 0.15) is 5.69 Å². The summed E-state index contributed by atoms with van der Waals surface area (Å²) in [6.45, 7) is 0. The van der Waals surface area contributed by atoms with Gasteiger partial charge in [-0.1, -0.05) is 6.20 Å². The first-order chi connectivity index (χ1) is 4.61. The van der Waals surface area contributed by atoms with E-state index < -0.39 is 11.9 Å². The molecule has 0 aliphatic carbocycles. The summed E-state index contributed by atoms with van der Waals surface area (Å²) in [6, 6.07) is 3.46. The second-order valence-electron chi connectivity index (χ2n) is 1.65.